The number of rotatable bonds is 12. The normalized spacial score (nSPS) is 15.1. The van der Waals surface area contributed by atoms with Crippen LogP contribution in [-0.2, 0) is 17.9 Å². The minimum absolute atomic E-state index is 0.240. The number of ether oxygens (including phenoxy) is 1. The molecular formula is C29H42N2O2. The fraction of sp³-hybridized carbons (Fsp3) is 0.552. The Morgan fingerprint density at radius 2 is 1.52 bits per heavy atom. The highest BCUT2D eigenvalue weighted by Gasteiger charge is 2.19. The van der Waals surface area contributed by atoms with E-state index in [0.717, 1.165) is 24.3 Å². The van der Waals surface area contributed by atoms with Crippen LogP contribution in [0.3, 0.4) is 0 Å². The van der Waals surface area contributed by atoms with Crippen molar-refractivity contribution in [1.82, 2.24) is 9.80 Å². The van der Waals surface area contributed by atoms with E-state index in [1.165, 1.54) is 37.1 Å². The van der Waals surface area contributed by atoms with Crippen molar-refractivity contribution in [2.75, 3.05) is 26.2 Å². The van der Waals surface area contributed by atoms with Gasteiger partial charge in [-0.1, -0.05) is 62.7 Å². The first-order chi connectivity index (χ1) is 15.9. The molecule has 1 heterocycles. The number of benzene rings is 2. The fourth-order valence-corrected chi connectivity index (χ4v) is 4.26. The van der Waals surface area contributed by atoms with E-state index >= 15 is 0 Å². The third-order valence-corrected chi connectivity index (χ3v) is 6.39. The molecule has 1 amide bonds. The van der Waals surface area contributed by atoms with Gasteiger partial charge < -0.3 is 14.5 Å². The number of carbonyl (C=O) groups excluding carboxylic acids is 1. The smallest absolute Gasteiger partial charge is 0.223 e. The van der Waals surface area contributed by atoms with Crippen molar-refractivity contribution in [1.29, 1.82) is 0 Å². The topological polar surface area (TPSA) is 32.8 Å². The van der Waals surface area contributed by atoms with Gasteiger partial charge in [-0.3, -0.25) is 4.79 Å². The molecule has 1 aliphatic rings. The summed E-state index contributed by atoms with van der Waals surface area (Å²) in [5.74, 6) is 2.02. The summed E-state index contributed by atoms with van der Waals surface area (Å²) in [4.78, 5) is 17.9. The molecule has 3 rings (SSSR count). The molecule has 180 valence electrons. The van der Waals surface area contributed by atoms with Crippen LogP contribution in [0.5, 0.6) is 5.75 Å². The van der Waals surface area contributed by atoms with Crippen molar-refractivity contribution in [3.8, 4) is 5.75 Å². The number of carbonyl (C=O) groups is 1. The van der Waals surface area contributed by atoms with E-state index in [2.05, 4.69) is 69.0 Å². The molecule has 2 aromatic rings. The lowest BCUT2D eigenvalue weighted by Crippen LogP contribution is -2.32. The summed E-state index contributed by atoms with van der Waals surface area (Å²) in [5, 5.41) is 0. The van der Waals surface area contributed by atoms with Crippen LogP contribution in [0, 0.1) is 18.8 Å². The SMILES string of the molecule is Cc1ccc(CN(Cc2ccc(OCC(C)C)cc2)C(=O)C[C@@H](C)CCN2CCCC2)cc1. The predicted molar refractivity (Wildman–Crippen MR) is 136 cm³/mol. The van der Waals surface area contributed by atoms with Crippen molar-refractivity contribution in [2.45, 2.75) is 66.5 Å². The lowest BCUT2D eigenvalue weighted by atomic mass is 10.0. The largest absolute Gasteiger partial charge is 0.493 e. The standard InChI is InChI=1S/C29H42N2O2/c1-23(2)22-33-28-13-11-27(12-14-28)21-31(20-26-9-7-24(3)8-10-26)29(32)19-25(4)15-18-30-16-5-6-17-30/h7-14,23,25H,5-6,15-22H2,1-4H3/t25-/m0/s1. The van der Waals surface area contributed by atoms with Crippen LogP contribution in [-0.4, -0.2) is 41.9 Å². The first kappa shape index (κ1) is 25.3. The lowest BCUT2D eigenvalue weighted by molar-refractivity contribution is -0.133. The van der Waals surface area contributed by atoms with E-state index in [1.807, 2.05) is 17.0 Å². The van der Waals surface area contributed by atoms with Gasteiger partial charge in [0.2, 0.25) is 5.91 Å². The minimum Gasteiger partial charge on any atom is -0.493 e. The minimum atomic E-state index is 0.240. The monoisotopic (exact) mass is 450 g/mol. The molecule has 0 saturated carbocycles. The van der Waals surface area contributed by atoms with Crippen LogP contribution >= 0.6 is 0 Å². The highest BCUT2D eigenvalue weighted by molar-refractivity contribution is 5.76. The van der Waals surface area contributed by atoms with Crippen LogP contribution in [0.25, 0.3) is 0 Å². The van der Waals surface area contributed by atoms with Gasteiger partial charge in [0, 0.05) is 19.5 Å². The lowest BCUT2D eigenvalue weighted by Gasteiger charge is -2.25. The van der Waals surface area contributed by atoms with E-state index in [9.17, 15) is 4.79 Å². The highest BCUT2D eigenvalue weighted by atomic mass is 16.5. The van der Waals surface area contributed by atoms with E-state index < -0.39 is 0 Å². The van der Waals surface area contributed by atoms with Gasteiger partial charge in [0.25, 0.3) is 0 Å². The van der Waals surface area contributed by atoms with Crippen LogP contribution in [0.4, 0.5) is 0 Å². The van der Waals surface area contributed by atoms with Crippen molar-refractivity contribution >= 4 is 5.91 Å². The molecule has 4 nitrogen and oxygen atoms in total. The third kappa shape index (κ3) is 8.85. The van der Waals surface area contributed by atoms with Crippen molar-refractivity contribution < 1.29 is 9.53 Å². The Morgan fingerprint density at radius 3 is 2.09 bits per heavy atom. The zero-order valence-electron chi connectivity index (χ0n) is 21.1. The maximum Gasteiger partial charge on any atom is 0.223 e. The number of aryl methyl sites for hydroxylation is 1. The van der Waals surface area contributed by atoms with Crippen molar-refractivity contribution in [3.05, 3.63) is 65.2 Å². The molecule has 1 saturated heterocycles. The predicted octanol–water partition coefficient (Wildman–Crippen LogP) is 6.07. The molecule has 0 unspecified atom stereocenters. The summed E-state index contributed by atoms with van der Waals surface area (Å²) in [6.45, 7) is 14.1. The van der Waals surface area contributed by atoms with Crippen LogP contribution in [0.15, 0.2) is 48.5 Å². The molecule has 0 aliphatic carbocycles. The first-order valence-electron chi connectivity index (χ1n) is 12.7. The average Bonchev–Trinajstić information content (AvgIpc) is 3.32. The Bertz CT molecular complexity index is 839. The Kier molecular flexibility index (Phi) is 9.80. The molecule has 0 spiro atoms. The van der Waals surface area contributed by atoms with Gasteiger partial charge in [-0.25, -0.2) is 0 Å². The second kappa shape index (κ2) is 12.8. The molecule has 1 aliphatic heterocycles. The molecule has 0 aromatic heterocycles. The number of likely N-dealkylation sites (tertiary alicyclic amines) is 1. The Labute approximate surface area is 200 Å². The zero-order valence-corrected chi connectivity index (χ0v) is 21.1. The molecule has 0 bridgehead atoms. The molecular weight excluding hydrogens is 408 g/mol. The number of amides is 1. The maximum absolute atomic E-state index is 13.4. The summed E-state index contributed by atoms with van der Waals surface area (Å²) < 4.78 is 5.82. The highest BCUT2D eigenvalue weighted by Crippen LogP contribution is 2.19. The summed E-state index contributed by atoms with van der Waals surface area (Å²) in [5.41, 5.74) is 3.55. The van der Waals surface area contributed by atoms with Gasteiger partial charge in [-0.15, -0.1) is 0 Å². The van der Waals surface area contributed by atoms with Gasteiger partial charge in [0.1, 0.15) is 5.75 Å². The summed E-state index contributed by atoms with van der Waals surface area (Å²) in [6.07, 6.45) is 4.33. The second-order valence-corrected chi connectivity index (χ2v) is 10.2. The van der Waals surface area contributed by atoms with E-state index in [0.29, 0.717) is 38.0 Å². The fourth-order valence-electron chi connectivity index (χ4n) is 4.26. The Morgan fingerprint density at radius 1 is 0.939 bits per heavy atom. The van der Waals surface area contributed by atoms with Crippen molar-refractivity contribution in [2.24, 2.45) is 11.8 Å². The molecule has 4 heteroatoms. The third-order valence-electron chi connectivity index (χ3n) is 6.39. The van der Waals surface area contributed by atoms with E-state index in [-0.39, 0.29) is 5.91 Å². The summed E-state index contributed by atoms with van der Waals surface area (Å²) in [7, 11) is 0. The number of hydrogen-bond acceptors (Lipinski definition) is 3. The zero-order chi connectivity index (χ0) is 23.6. The summed E-state index contributed by atoms with van der Waals surface area (Å²) >= 11 is 0. The molecule has 1 atom stereocenters. The average molecular weight is 451 g/mol. The Balaban J connectivity index is 1.62. The van der Waals surface area contributed by atoms with Crippen LogP contribution < -0.4 is 4.74 Å². The quantitative estimate of drug-likeness (QED) is 0.393. The van der Waals surface area contributed by atoms with Gasteiger partial charge >= 0.3 is 0 Å². The molecule has 0 radical (unpaired) electrons. The van der Waals surface area contributed by atoms with E-state index in [1.54, 1.807) is 0 Å². The molecule has 33 heavy (non-hydrogen) atoms. The van der Waals surface area contributed by atoms with Gasteiger partial charge in [-0.2, -0.15) is 0 Å². The first-order valence-corrected chi connectivity index (χ1v) is 12.7. The Hall–Kier alpha value is -2.33. The van der Waals surface area contributed by atoms with Crippen LogP contribution in [0.1, 0.15) is 63.1 Å². The van der Waals surface area contributed by atoms with Crippen LogP contribution in [0.2, 0.25) is 0 Å². The number of hydrogen-bond donors (Lipinski definition) is 0. The van der Waals surface area contributed by atoms with E-state index in [4.69, 9.17) is 4.74 Å². The molecule has 1 fully saturated rings. The number of nitrogens with zero attached hydrogens (tertiary/aromatic N) is 2. The van der Waals surface area contributed by atoms with Gasteiger partial charge in [-0.05, 0) is 80.9 Å². The summed E-state index contributed by atoms with van der Waals surface area (Å²) in [6, 6.07) is 16.7. The maximum atomic E-state index is 13.4. The second-order valence-electron chi connectivity index (χ2n) is 10.2. The van der Waals surface area contributed by atoms with Gasteiger partial charge in [0.05, 0.1) is 6.61 Å². The molecule has 0 N–H and O–H groups in total. The van der Waals surface area contributed by atoms with Crippen molar-refractivity contribution in [3.63, 3.8) is 0 Å². The van der Waals surface area contributed by atoms with Gasteiger partial charge in [0.15, 0.2) is 0 Å². The molecule has 2 aromatic carbocycles.